The van der Waals surface area contributed by atoms with E-state index in [1.54, 1.807) is 0 Å². The molecule has 0 aliphatic heterocycles. The first-order chi connectivity index (χ1) is 13.2. The monoisotopic (exact) mass is 369 g/mol. The summed E-state index contributed by atoms with van der Waals surface area (Å²) in [7, 11) is 0. The standard InChI is InChI=1S/C21H27N3O3/c25-19-22(16-10-4-1-5-11-16)20(26)24(18-14-8-3-9-15-18)21(27)23(19)17-12-6-2-7-13-17/h10,12,14H,1-9,11,13,15H2. The van der Waals surface area contributed by atoms with E-state index in [1.807, 2.05) is 18.2 Å². The summed E-state index contributed by atoms with van der Waals surface area (Å²) in [4.78, 5) is 39.8. The van der Waals surface area contributed by atoms with Crippen LogP contribution in [0.15, 0.2) is 32.6 Å². The Morgan fingerprint density at radius 1 is 0.481 bits per heavy atom. The van der Waals surface area contributed by atoms with Gasteiger partial charge in [0.15, 0.2) is 0 Å². The predicted octanol–water partition coefficient (Wildman–Crippen LogP) is 3.42. The highest BCUT2D eigenvalue weighted by atomic mass is 16.2. The Kier molecular flexibility index (Phi) is 5.14. The molecule has 1 heterocycles. The first-order valence-corrected chi connectivity index (χ1v) is 10.3. The van der Waals surface area contributed by atoms with Crippen LogP contribution in [-0.4, -0.2) is 13.7 Å². The Balaban J connectivity index is 2.01. The highest BCUT2D eigenvalue weighted by Gasteiger charge is 2.23. The lowest BCUT2D eigenvalue weighted by atomic mass is 10.0. The molecule has 3 aliphatic carbocycles. The van der Waals surface area contributed by atoms with Gasteiger partial charge in [0.25, 0.3) is 0 Å². The molecule has 0 radical (unpaired) electrons. The number of aromatic nitrogens is 3. The lowest BCUT2D eigenvalue weighted by Gasteiger charge is -2.22. The Morgan fingerprint density at radius 3 is 1.00 bits per heavy atom. The largest absolute Gasteiger partial charge is 0.345 e. The molecule has 0 saturated heterocycles. The van der Waals surface area contributed by atoms with Crippen molar-refractivity contribution < 1.29 is 0 Å². The van der Waals surface area contributed by atoms with E-state index in [0.29, 0.717) is 19.3 Å². The van der Waals surface area contributed by atoms with Crippen LogP contribution < -0.4 is 17.1 Å². The van der Waals surface area contributed by atoms with Crippen LogP contribution in [0.2, 0.25) is 0 Å². The van der Waals surface area contributed by atoms with E-state index in [2.05, 4.69) is 0 Å². The normalized spacial score (nSPS) is 20.7. The van der Waals surface area contributed by atoms with Crippen molar-refractivity contribution >= 4 is 17.1 Å². The third kappa shape index (κ3) is 3.33. The average Bonchev–Trinajstić information content (AvgIpc) is 2.70. The number of rotatable bonds is 3. The molecule has 0 unspecified atom stereocenters. The molecule has 0 amide bonds. The fraction of sp³-hybridized carbons (Fsp3) is 0.571. The van der Waals surface area contributed by atoms with Crippen molar-refractivity contribution in [2.24, 2.45) is 0 Å². The maximum Gasteiger partial charge on any atom is 0.345 e. The van der Waals surface area contributed by atoms with Crippen LogP contribution in [0, 0.1) is 0 Å². The Morgan fingerprint density at radius 2 is 0.778 bits per heavy atom. The van der Waals surface area contributed by atoms with E-state index in [1.165, 1.54) is 13.7 Å². The first kappa shape index (κ1) is 18.0. The minimum atomic E-state index is -0.501. The van der Waals surface area contributed by atoms with E-state index < -0.39 is 17.1 Å². The molecule has 0 bridgehead atoms. The fourth-order valence-electron chi connectivity index (χ4n) is 4.36. The van der Waals surface area contributed by atoms with Gasteiger partial charge in [-0.2, -0.15) is 0 Å². The van der Waals surface area contributed by atoms with Gasteiger partial charge in [0.1, 0.15) is 0 Å². The molecule has 6 heteroatoms. The number of hydrogen-bond donors (Lipinski definition) is 0. The Bertz CT molecular complexity index is 842. The zero-order valence-electron chi connectivity index (χ0n) is 15.8. The van der Waals surface area contributed by atoms with Crippen molar-refractivity contribution in [2.45, 2.75) is 77.0 Å². The summed E-state index contributed by atoms with van der Waals surface area (Å²) < 4.78 is 3.77. The number of nitrogens with zero attached hydrogens (tertiary/aromatic N) is 3. The van der Waals surface area contributed by atoms with Gasteiger partial charge >= 0.3 is 17.1 Å². The third-order valence-corrected chi connectivity index (χ3v) is 5.81. The predicted molar refractivity (Wildman–Crippen MR) is 107 cm³/mol. The molecular weight excluding hydrogens is 342 g/mol. The summed E-state index contributed by atoms with van der Waals surface area (Å²) in [6.07, 6.45) is 16.7. The van der Waals surface area contributed by atoms with Gasteiger partial charge in [0, 0.05) is 17.1 Å². The van der Waals surface area contributed by atoms with Crippen LogP contribution in [0.4, 0.5) is 0 Å². The summed E-state index contributed by atoms with van der Waals surface area (Å²) in [6, 6.07) is 0. The summed E-state index contributed by atoms with van der Waals surface area (Å²) >= 11 is 0. The van der Waals surface area contributed by atoms with Crippen molar-refractivity contribution in [3.05, 3.63) is 49.7 Å². The summed E-state index contributed by atoms with van der Waals surface area (Å²) in [6.45, 7) is 0. The second-order valence-corrected chi connectivity index (χ2v) is 7.68. The molecule has 0 fully saturated rings. The lowest BCUT2D eigenvalue weighted by molar-refractivity contribution is 0.606. The maximum atomic E-state index is 13.3. The van der Waals surface area contributed by atoms with Gasteiger partial charge in [0.05, 0.1) is 0 Å². The average molecular weight is 369 g/mol. The molecule has 1 aromatic heterocycles. The first-order valence-electron chi connectivity index (χ1n) is 10.3. The quantitative estimate of drug-likeness (QED) is 0.820. The zero-order chi connectivity index (χ0) is 18.8. The molecule has 4 rings (SSSR count). The maximum absolute atomic E-state index is 13.3. The second kappa shape index (κ2) is 7.71. The van der Waals surface area contributed by atoms with Crippen molar-refractivity contribution in [3.8, 4) is 0 Å². The molecule has 0 atom stereocenters. The van der Waals surface area contributed by atoms with Crippen LogP contribution in [0.1, 0.15) is 77.0 Å². The topological polar surface area (TPSA) is 66.0 Å². The van der Waals surface area contributed by atoms with E-state index in [-0.39, 0.29) is 0 Å². The van der Waals surface area contributed by atoms with Crippen molar-refractivity contribution in [1.29, 1.82) is 0 Å². The van der Waals surface area contributed by atoms with Crippen molar-refractivity contribution in [3.63, 3.8) is 0 Å². The minimum Gasteiger partial charge on any atom is -0.247 e. The van der Waals surface area contributed by atoms with E-state index in [4.69, 9.17) is 0 Å². The molecule has 27 heavy (non-hydrogen) atoms. The van der Waals surface area contributed by atoms with Crippen LogP contribution in [0.25, 0.3) is 17.1 Å². The molecular formula is C21H27N3O3. The second-order valence-electron chi connectivity index (χ2n) is 7.68. The van der Waals surface area contributed by atoms with Gasteiger partial charge in [-0.1, -0.05) is 18.2 Å². The van der Waals surface area contributed by atoms with E-state index >= 15 is 0 Å². The van der Waals surface area contributed by atoms with Crippen LogP contribution in [0.5, 0.6) is 0 Å². The van der Waals surface area contributed by atoms with Gasteiger partial charge < -0.3 is 0 Å². The lowest BCUT2D eigenvalue weighted by Crippen LogP contribution is -2.54. The van der Waals surface area contributed by atoms with E-state index in [0.717, 1.165) is 74.9 Å². The zero-order valence-corrected chi connectivity index (χ0v) is 15.8. The third-order valence-electron chi connectivity index (χ3n) is 5.81. The summed E-state index contributed by atoms with van der Waals surface area (Å²) in [5, 5.41) is 0. The number of allylic oxidation sites excluding steroid dienone is 6. The minimum absolute atomic E-state index is 0.501. The molecule has 6 nitrogen and oxygen atoms in total. The SMILES string of the molecule is O=c1n(C2=CCCCC2)c(=O)n(C2=CCCCC2)c(=O)n1C1=CCCCC1. The van der Waals surface area contributed by atoms with Crippen LogP contribution >= 0.6 is 0 Å². The Hall–Kier alpha value is -2.37. The molecule has 0 saturated carbocycles. The van der Waals surface area contributed by atoms with Gasteiger partial charge in [-0.15, -0.1) is 0 Å². The highest BCUT2D eigenvalue weighted by Crippen LogP contribution is 2.23. The van der Waals surface area contributed by atoms with E-state index in [9.17, 15) is 14.4 Å². The molecule has 3 aliphatic rings. The smallest absolute Gasteiger partial charge is 0.247 e. The van der Waals surface area contributed by atoms with Gasteiger partial charge in [0.2, 0.25) is 0 Å². The fourth-order valence-corrected chi connectivity index (χ4v) is 4.36. The van der Waals surface area contributed by atoms with Crippen LogP contribution in [-0.2, 0) is 0 Å². The highest BCUT2D eigenvalue weighted by molar-refractivity contribution is 5.52. The number of hydrogen-bond acceptors (Lipinski definition) is 3. The van der Waals surface area contributed by atoms with Gasteiger partial charge in [-0.25, -0.2) is 28.1 Å². The van der Waals surface area contributed by atoms with Crippen molar-refractivity contribution in [1.82, 2.24) is 13.7 Å². The molecule has 0 N–H and O–H groups in total. The summed E-state index contributed by atoms with van der Waals surface area (Å²) in [5.41, 5.74) is 0.724. The van der Waals surface area contributed by atoms with Gasteiger partial charge in [-0.3, -0.25) is 0 Å². The molecule has 144 valence electrons. The molecule has 1 aromatic rings. The van der Waals surface area contributed by atoms with Crippen molar-refractivity contribution in [2.75, 3.05) is 0 Å². The summed E-state index contributed by atoms with van der Waals surface area (Å²) in [5.74, 6) is 0. The Labute approximate surface area is 158 Å². The molecule has 0 spiro atoms. The molecule has 0 aromatic carbocycles. The van der Waals surface area contributed by atoms with Crippen LogP contribution in [0.3, 0.4) is 0 Å². The van der Waals surface area contributed by atoms with Gasteiger partial charge in [-0.05, 0) is 77.0 Å².